The second-order valence-corrected chi connectivity index (χ2v) is 7.37. The van der Waals surface area contributed by atoms with Crippen molar-refractivity contribution in [2.45, 2.75) is 6.54 Å². The molecule has 2 heterocycles. The van der Waals surface area contributed by atoms with Crippen molar-refractivity contribution in [2.75, 3.05) is 33.4 Å². The van der Waals surface area contributed by atoms with Crippen LogP contribution in [0, 0.1) is 0 Å². The Balaban J connectivity index is 1.54. The molecule has 0 amide bonds. The number of methoxy groups -OCH3 is 3. The summed E-state index contributed by atoms with van der Waals surface area (Å²) in [6, 6.07) is 17.5. The van der Waals surface area contributed by atoms with Gasteiger partial charge in [-0.1, -0.05) is 18.2 Å². The van der Waals surface area contributed by atoms with E-state index in [0.717, 1.165) is 39.3 Å². The van der Waals surface area contributed by atoms with E-state index in [1.54, 1.807) is 21.3 Å². The van der Waals surface area contributed by atoms with E-state index in [1.165, 1.54) is 0 Å². The maximum absolute atomic E-state index is 5.50. The molecule has 1 aromatic heterocycles. The molecule has 0 atom stereocenters. The third kappa shape index (κ3) is 3.91. The van der Waals surface area contributed by atoms with Gasteiger partial charge in [0.2, 0.25) is 12.5 Å². The predicted octanol–water partition coefficient (Wildman–Crippen LogP) is 4.66. The van der Waals surface area contributed by atoms with Crippen LogP contribution in [0.15, 0.2) is 54.6 Å². The number of para-hydroxylation sites is 1. The Kier molecular flexibility index (Phi) is 5.48. The number of fused-ring (bicyclic) bond motifs is 2. The molecule has 4 aromatic rings. The molecule has 0 fully saturated rings. The molecule has 1 aliphatic rings. The average molecular weight is 445 g/mol. The molecule has 1 N–H and O–H groups in total. The summed E-state index contributed by atoms with van der Waals surface area (Å²) in [6.45, 7) is 0.813. The van der Waals surface area contributed by atoms with Crippen molar-refractivity contribution < 1.29 is 23.7 Å². The van der Waals surface area contributed by atoms with Crippen molar-refractivity contribution in [2.24, 2.45) is 0 Å². The quantitative estimate of drug-likeness (QED) is 0.440. The first-order valence-corrected chi connectivity index (χ1v) is 10.4. The van der Waals surface area contributed by atoms with E-state index in [-0.39, 0.29) is 6.79 Å². The van der Waals surface area contributed by atoms with Gasteiger partial charge in [-0.25, -0.2) is 9.97 Å². The minimum absolute atomic E-state index is 0.251. The Morgan fingerprint density at radius 2 is 1.61 bits per heavy atom. The second kappa shape index (κ2) is 8.74. The number of aromatic nitrogens is 2. The highest BCUT2D eigenvalue weighted by molar-refractivity contribution is 5.90. The first-order valence-electron chi connectivity index (χ1n) is 10.4. The van der Waals surface area contributed by atoms with Crippen LogP contribution in [-0.4, -0.2) is 38.1 Å². The number of hydrogen-bond donors (Lipinski definition) is 1. The summed E-state index contributed by atoms with van der Waals surface area (Å²) in [5.74, 6) is 4.38. The Morgan fingerprint density at radius 3 is 2.36 bits per heavy atom. The van der Waals surface area contributed by atoms with Crippen molar-refractivity contribution >= 4 is 16.7 Å². The van der Waals surface area contributed by atoms with Gasteiger partial charge in [0, 0.05) is 17.5 Å². The molecule has 8 nitrogen and oxygen atoms in total. The van der Waals surface area contributed by atoms with Crippen molar-refractivity contribution in [1.82, 2.24) is 9.97 Å². The Hall–Kier alpha value is -4.20. The first-order chi connectivity index (χ1) is 16.2. The summed E-state index contributed by atoms with van der Waals surface area (Å²) in [5, 5.41) is 4.38. The molecular weight excluding hydrogens is 422 g/mol. The minimum Gasteiger partial charge on any atom is -0.493 e. The van der Waals surface area contributed by atoms with Crippen LogP contribution in [0.25, 0.3) is 22.3 Å². The van der Waals surface area contributed by atoms with Crippen LogP contribution >= 0.6 is 0 Å². The van der Waals surface area contributed by atoms with Gasteiger partial charge in [-0.3, -0.25) is 0 Å². The molecular formula is C25H23N3O5. The van der Waals surface area contributed by atoms with E-state index in [1.807, 2.05) is 54.6 Å². The lowest BCUT2D eigenvalue weighted by Gasteiger charge is -2.15. The molecule has 33 heavy (non-hydrogen) atoms. The van der Waals surface area contributed by atoms with Crippen molar-refractivity contribution in [3.05, 3.63) is 60.2 Å². The monoisotopic (exact) mass is 445 g/mol. The van der Waals surface area contributed by atoms with E-state index in [2.05, 4.69) is 5.32 Å². The highest BCUT2D eigenvalue weighted by atomic mass is 16.7. The Bertz CT molecular complexity index is 1300. The van der Waals surface area contributed by atoms with Crippen LogP contribution in [-0.2, 0) is 6.54 Å². The molecule has 168 valence electrons. The molecule has 0 unspecified atom stereocenters. The van der Waals surface area contributed by atoms with Gasteiger partial charge >= 0.3 is 0 Å². The fourth-order valence-electron chi connectivity index (χ4n) is 3.79. The minimum atomic E-state index is 0.251. The zero-order valence-corrected chi connectivity index (χ0v) is 18.5. The van der Waals surface area contributed by atoms with Crippen LogP contribution in [0.4, 0.5) is 5.82 Å². The lowest BCUT2D eigenvalue weighted by atomic mass is 10.1. The molecule has 5 rings (SSSR count). The van der Waals surface area contributed by atoms with Gasteiger partial charge in [0.15, 0.2) is 28.8 Å². The largest absolute Gasteiger partial charge is 0.493 e. The van der Waals surface area contributed by atoms with Gasteiger partial charge in [0.05, 0.1) is 26.8 Å². The SMILES string of the molecule is COc1cc(-c2nc(NCc3ccc4c(c3)OCO4)c3ccccc3n2)cc(OC)c1OC. The topological polar surface area (TPSA) is 84.0 Å². The highest BCUT2D eigenvalue weighted by Gasteiger charge is 2.18. The summed E-state index contributed by atoms with van der Waals surface area (Å²) < 4.78 is 27.3. The fourth-order valence-corrected chi connectivity index (χ4v) is 3.79. The Morgan fingerprint density at radius 1 is 0.848 bits per heavy atom. The van der Waals surface area contributed by atoms with Crippen molar-refractivity contribution in [3.8, 4) is 40.1 Å². The van der Waals surface area contributed by atoms with Gasteiger partial charge in [0.1, 0.15) is 5.82 Å². The highest BCUT2D eigenvalue weighted by Crippen LogP contribution is 2.41. The standard InChI is InChI=1S/C25H23N3O5/c1-29-21-11-16(12-22(30-2)23(21)31-3)24-27-18-7-5-4-6-17(18)25(28-24)26-13-15-8-9-19-20(10-15)33-14-32-19/h4-12H,13-14H2,1-3H3,(H,26,27,28). The van der Waals surface area contributed by atoms with Crippen molar-refractivity contribution in [1.29, 1.82) is 0 Å². The molecule has 0 radical (unpaired) electrons. The molecule has 0 saturated carbocycles. The number of rotatable bonds is 7. The average Bonchev–Trinajstić information content (AvgIpc) is 3.34. The molecule has 0 bridgehead atoms. The predicted molar refractivity (Wildman–Crippen MR) is 125 cm³/mol. The molecule has 0 spiro atoms. The number of ether oxygens (including phenoxy) is 5. The van der Waals surface area contributed by atoms with Crippen LogP contribution < -0.4 is 29.0 Å². The summed E-state index contributed by atoms with van der Waals surface area (Å²) >= 11 is 0. The lowest BCUT2D eigenvalue weighted by Crippen LogP contribution is -2.04. The third-order valence-electron chi connectivity index (χ3n) is 5.42. The molecule has 1 aliphatic heterocycles. The Labute approximate surface area is 191 Å². The van der Waals surface area contributed by atoms with Crippen LogP contribution in [0.5, 0.6) is 28.7 Å². The van der Waals surface area contributed by atoms with E-state index in [0.29, 0.717) is 29.6 Å². The van der Waals surface area contributed by atoms with E-state index < -0.39 is 0 Å². The van der Waals surface area contributed by atoms with Crippen LogP contribution in [0.3, 0.4) is 0 Å². The lowest BCUT2D eigenvalue weighted by molar-refractivity contribution is 0.174. The van der Waals surface area contributed by atoms with E-state index in [4.69, 9.17) is 33.7 Å². The van der Waals surface area contributed by atoms with Gasteiger partial charge < -0.3 is 29.0 Å². The summed E-state index contributed by atoms with van der Waals surface area (Å²) in [5.41, 5.74) is 2.63. The maximum atomic E-state index is 5.50. The second-order valence-electron chi connectivity index (χ2n) is 7.37. The normalized spacial score (nSPS) is 12.0. The summed E-state index contributed by atoms with van der Waals surface area (Å²) in [4.78, 5) is 9.61. The van der Waals surface area contributed by atoms with Gasteiger partial charge in [-0.2, -0.15) is 0 Å². The number of nitrogens with one attached hydrogen (secondary N) is 1. The van der Waals surface area contributed by atoms with E-state index in [9.17, 15) is 0 Å². The smallest absolute Gasteiger partial charge is 0.231 e. The zero-order valence-electron chi connectivity index (χ0n) is 18.5. The number of anilines is 1. The number of nitrogens with zero attached hydrogens (tertiary/aromatic N) is 2. The van der Waals surface area contributed by atoms with Crippen LogP contribution in [0.2, 0.25) is 0 Å². The molecule has 0 aliphatic carbocycles. The maximum Gasteiger partial charge on any atom is 0.231 e. The van der Waals surface area contributed by atoms with Gasteiger partial charge in [-0.15, -0.1) is 0 Å². The molecule has 8 heteroatoms. The number of benzene rings is 3. The number of hydrogen-bond acceptors (Lipinski definition) is 8. The third-order valence-corrected chi connectivity index (χ3v) is 5.42. The first kappa shape index (κ1) is 20.7. The summed E-state index contributed by atoms with van der Waals surface area (Å²) in [6.07, 6.45) is 0. The van der Waals surface area contributed by atoms with Gasteiger partial charge in [-0.05, 0) is 42.0 Å². The van der Waals surface area contributed by atoms with Crippen LogP contribution in [0.1, 0.15) is 5.56 Å². The van der Waals surface area contributed by atoms with Gasteiger partial charge in [0.25, 0.3) is 0 Å². The van der Waals surface area contributed by atoms with Crippen molar-refractivity contribution in [3.63, 3.8) is 0 Å². The summed E-state index contributed by atoms with van der Waals surface area (Å²) in [7, 11) is 4.74. The fraction of sp³-hybridized carbons (Fsp3) is 0.200. The molecule has 0 saturated heterocycles. The van der Waals surface area contributed by atoms with E-state index >= 15 is 0 Å². The molecule has 3 aromatic carbocycles. The zero-order chi connectivity index (χ0) is 22.8.